The lowest BCUT2D eigenvalue weighted by Gasteiger charge is -2.00. The van der Waals surface area contributed by atoms with E-state index in [0.29, 0.717) is 19.6 Å². The molecule has 1 rings (SSSR count). The molecule has 1 heterocycles. The van der Waals surface area contributed by atoms with Crippen molar-refractivity contribution in [2.45, 2.75) is 25.4 Å². The maximum atomic E-state index is 11.4. The number of nitrogens with zero attached hydrogens (tertiary/aromatic N) is 1. The molecule has 0 aromatic rings. The molecule has 0 aliphatic carbocycles. The Morgan fingerprint density at radius 2 is 1.69 bits per heavy atom. The van der Waals surface area contributed by atoms with Gasteiger partial charge in [-0.05, 0) is 0 Å². The number of hydrogen-bond donors (Lipinski definition) is 0. The van der Waals surface area contributed by atoms with Crippen LogP contribution in [0.5, 0.6) is 0 Å². The van der Waals surface area contributed by atoms with E-state index in [9.17, 15) is 4.79 Å². The van der Waals surface area contributed by atoms with Crippen molar-refractivity contribution in [1.29, 1.82) is 0 Å². The Hall–Kier alpha value is -0.610. The lowest BCUT2D eigenvalue weighted by molar-refractivity contribution is -0.126. The van der Waals surface area contributed by atoms with Gasteiger partial charge in [-0.15, -0.1) is 0 Å². The Balaban J connectivity index is 2.41. The van der Waals surface area contributed by atoms with Gasteiger partial charge in [-0.2, -0.15) is 0 Å². The fraction of sp³-hybridized carbons (Fsp3) is 0.889. The average Bonchev–Trinajstić information content (AvgIpc) is 2.79. The van der Waals surface area contributed by atoms with Crippen LogP contribution < -0.4 is 0 Å². The van der Waals surface area contributed by atoms with E-state index in [1.807, 2.05) is 11.8 Å². The van der Waals surface area contributed by atoms with Crippen molar-refractivity contribution in [2.24, 2.45) is 0 Å². The Morgan fingerprint density at radius 3 is 2.00 bits per heavy atom. The molecule has 4 nitrogen and oxygen atoms in total. The molecular formula is C9H17NO3. The number of hydrogen-bond acceptors (Lipinski definition) is 3. The first-order valence-corrected chi connectivity index (χ1v) is 4.55. The molecule has 0 aromatic heterocycles. The van der Waals surface area contributed by atoms with Gasteiger partial charge in [-0.1, -0.05) is 6.92 Å². The fourth-order valence-electron chi connectivity index (χ4n) is 1.61. The SMILES string of the molecule is CCC(=O)N1[C@H](COC)[C@H]1COC. The molecule has 0 saturated carbocycles. The lowest BCUT2D eigenvalue weighted by atomic mass is 10.3. The summed E-state index contributed by atoms with van der Waals surface area (Å²) in [6.45, 7) is 3.09. The van der Waals surface area contributed by atoms with Crippen molar-refractivity contribution in [3.63, 3.8) is 0 Å². The standard InChI is InChI=1S/C9H17NO3/c1-4-9(11)10-7(5-12-2)8(10)6-13-3/h7-8H,4-6H2,1-3H3/t7-,8-/m1/s1. The quantitative estimate of drug-likeness (QED) is 0.580. The van der Waals surface area contributed by atoms with Gasteiger partial charge in [0.2, 0.25) is 5.91 Å². The van der Waals surface area contributed by atoms with Gasteiger partial charge in [-0.25, -0.2) is 0 Å². The highest BCUT2D eigenvalue weighted by molar-refractivity contribution is 5.79. The van der Waals surface area contributed by atoms with E-state index in [-0.39, 0.29) is 18.0 Å². The van der Waals surface area contributed by atoms with Gasteiger partial charge >= 0.3 is 0 Å². The normalized spacial score (nSPS) is 26.2. The summed E-state index contributed by atoms with van der Waals surface area (Å²) < 4.78 is 10.0. The van der Waals surface area contributed by atoms with Crippen molar-refractivity contribution in [3.05, 3.63) is 0 Å². The molecule has 1 fully saturated rings. The predicted octanol–water partition coefficient (Wildman–Crippen LogP) is 0.269. The van der Waals surface area contributed by atoms with Gasteiger partial charge in [0.25, 0.3) is 0 Å². The third-order valence-electron chi connectivity index (χ3n) is 2.33. The zero-order chi connectivity index (χ0) is 9.84. The fourth-order valence-corrected chi connectivity index (χ4v) is 1.61. The number of methoxy groups -OCH3 is 2. The second kappa shape index (κ2) is 4.58. The van der Waals surface area contributed by atoms with Crippen LogP contribution >= 0.6 is 0 Å². The van der Waals surface area contributed by atoms with Gasteiger partial charge in [0, 0.05) is 20.6 Å². The molecule has 0 radical (unpaired) electrons. The molecule has 0 aromatic carbocycles. The number of ether oxygens (including phenoxy) is 2. The highest BCUT2D eigenvalue weighted by Gasteiger charge is 2.49. The Kier molecular flexibility index (Phi) is 3.69. The van der Waals surface area contributed by atoms with Crippen LogP contribution in [0.25, 0.3) is 0 Å². The maximum absolute atomic E-state index is 11.4. The van der Waals surface area contributed by atoms with Gasteiger partial charge in [0.15, 0.2) is 0 Å². The maximum Gasteiger partial charge on any atom is 0.223 e. The molecule has 1 aliphatic heterocycles. The third-order valence-corrected chi connectivity index (χ3v) is 2.33. The van der Waals surface area contributed by atoms with Crippen molar-refractivity contribution < 1.29 is 14.3 Å². The van der Waals surface area contributed by atoms with E-state index in [2.05, 4.69) is 0 Å². The highest BCUT2D eigenvalue weighted by atomic mass is 16.5. The Labute approximate surface area is 78.8 Å². The monoisotopic (exact) mass is 187 g/mol. The van der Waals surface area contributed by atoms with Crippen LogP contribution in [0.1, 0.15) is 13.3 Å². The largest absolute Gasteiger partial charge is 0.382 e. The minimum Gasteiger partial charge on any atom is -0.382 e. The summed E-state index contributed by atoms with van der Waals surface area (Å²) in [5, 5.41) is 0. The molecule has 76 valence electrons. The van der Waals surface area contributed by atoms with E-state index in [1.165, 1.54) is 0 Å². The van der Waals surface area contributed by atoms with Crippen LogP contribution in [-0.4, -0.2) is 50.3 Å². The number of rotatable bonds is 5. The molecule has 4 heteroatoms. The highest BCUT2D eigenvalue weighted by Crippen LogP contribution is 2.29. The molecule has 1 saturated heterocycles. The molecule has 0 bridgehead atoms. The topological polar surface area (TPSA) is 38.5 Å². The second-order valence-corrected chi connectivity index (χ2v) is 3.20. The van der Waals surface area contributed by atoms with Crippen LogP contribution in [0, 0.1) is 0 Å². The predicted molar refractivity (Wildman–Crippen MR) is 48.5 cm³/mol. The molecule has 2 atom stereocenters. The summed E-state index contributed by atoms with van der Waals surface area (Å²) in [7, 11) is 3.30. The van der Waals surface area contributed by atoms with E-state index < -0.39 is 0 Å². The molecule has 0 unspecified atom stereocenters. The first kappa shape index (κ1) is 10.5. The molecule has 1 aliphatic rings. The summed E-state index contributed by atoms with van der Waals surface area (Å²) in [4.78, 5) is 13.2. The van der Waals surface area contributed by atoms with Gasteiger partial charge in [0.1, 0.15) is 0 Å². The van der Waals surface area contributed by atoms with Crippen molar-refractivity contribution in [1.82, 2.24) is 4.90 Å². The first-order valence-electron chi connectivity index (χ1n) is 4.55. The number of amides is 1. The summed E-state index contributed by atoms with van der Waals surface area (Å²) in [6.07, 6.45) is 0.556. The number of carbonyl (C=O) groups excluding carboxylic acids is 1. The Bertz CT molecular complexity index is 172. The first-order chi connectivity index (χ1) is 6.26. The van der Waals surface area contributed by atoms with E-state index in [1.54, 1.807) is 14.2 Å². The molecule has 13 heavy (non-hydrogen) atoms. The van der Waals surface area contributed by atoms with Crippen LogP contribution in [-0.2, 0) is 14.3 Å². The van der Waals surface area contributed by atoms with Crippen molar-refractivity contribution >= 4 is 5.91 Å². The lowest BCUT2D eigenvalue weighted by Crippen LogP contribution is -2.15. The Morgan fingerprint density at radius 1 is 1.23 bits per heavy atom. The average molecular weight is 187 g/mol. The molecule has 0 spiro atoms. The molecular weight excluding hydrogens is 170 g/mol. The minimum atomic E-state index is 0.184. The smallest absolute Gasteiger partial charge is 0.223 e. The summed E-state index contributed by atoms with van der Waals surface area (Å²) in [6, 6.07) is 0.467. The van der Waals surface area contributed by atoms with E-state index in [0.717, 1.165) is 0 Å². The summed E-state index contributed by atoms with van der Waals surface area (Å²) >= 11 is 0. The van der Waals surface area contributed by atoms with E-state index in [4.69, 9.17) is 9.47 Å². The van der Waals surface area contributed by atoms with Gasteiger partial charge in [0.05, 0.1) is 25.3 Å². The van der Waals surface area contributed by atoms with Gasteiger partial charge in [-0.3, -0.25) is 4.79 Å². The molecule has 0 N–H and O–H groups in total. The second-order valence-electron chi connectivity index (χ2n) is 3.20. The summed E-state index contributed by atoms with van der Waals surface area (Å²) in [5.41, 5.74) is 0. The van der Waals surface area contributed by atoms with Crippen molar-refractivity contribution in [2.75, 3.05) is 27.4 Å². The third kappa shape index (κ3) is 2.19. The van der Waals surface area contributed by atoms with Crippen LogP contribution in [0.3, 0.4) is 0 Å². The van der Waals surface area contributed by atoms with Crippen LogP contribution in [0.2, 0.25) is 0 Å². The van der Waals surface area contributed by atoms with E-state index >= 15 is 0 Å². The number of carbonyl (C=O) groups is 1. The minimum absolute atomic E-state index is 0.184. The summed E-state index contributed by atoms with van der Waals surface area (Å²) in [5.74, 6) is 0.184. The zero-order valence-corrected chi connectivity index (χ0v) is 8.45. The van der Waals surface area contributed by atoms with Crippen LogP contribution in [0.4, 0.5) is 0 Å². The zero-order valence-electron chi connectivity index (χ0n) is 8.45. The molecule has 1 amide bonds. The van der Waals surface area contributed by atoms with Crippen molar-refractivity contribution in [3.8, 4) is 0 Å². The van der Waals surface area contributed by atoms with Gasteiger partial charge < -0.3 is 14.4 Å². The van der Waals surface area contributed by atoms with Crippen LogP contribution in [0.15, 0.2) is 0 Å².